The number of hydrogen-bond acceptors (Lipinski definition) is 4. The molecule has 1 rings (SSSR count). The Morgan fingerprint density at radius 2 is 2.18 bits per heavy atom. The van der Waals surface area contributed by atoms with Crippen molar-refractivity contribution in [3.8, 4) is 0 Å². The summed E-state index contributed by atoms with van der Waals surface area (Å²) in [6.07, 6.45) is -5.01. The van der Waals surface area contributed by atoms with E-state index in [4.69, 9.17) is 10.3 Å². The van der Waals surface area contributed by atoms with Crippen LogP contribution in [0.15, 0.2) is 5.11 Å². The molecule has 0 radical (unpaired) electrons. The molecule has 9 heteroatoms. The summed E-state index contributed by atoms with van der Waals surface area (Å²) in [4.78, 5) is 26.8. The Hall–Kier alpha value is -1.76. The maximum atomic E-state index is 12.6. The zero-order chi connectivity index (χ0) is 16.8. The molecule has 0 aromatic carbocycles. The lowest BCUT2D eigenvalue weighted by Crippen LogP contribution is -2.45. The largest absolute Gasteiger partial charge is 0.465 e. The number of carbonyl (C=O) groups is 2. The summed E-state index contributed by atoms with van der Waals surface area (Å²) in [5.41, 5.74) is 6.82. The lowest BCUT2D eigenvalue weighted by Gasteiger charge is -2.35. The van der Waals surface area contributed by atoms with Crippen LogP contribution in [0.3, 0.4) is 0 Å². The molecule has 0 bridgehead atoms. The molecule has 22 heavy (non-hydrogen) atoms. The normalized spacial score (nSPS) is 23.5. The van der Waals surface area contributed by atoms with Crippen molar-refractivity contribution in [3.05, 3.63) is 10.4 Å². The van der Waals surface area contributed by atoms with Crippen LogP contribution in [0.4, 0.5) is 13.2 Å². The molecule has 0 spiro atoms. The molecule has 0 amide bonds. The molecular formula is C13H18F3N3O3. The highest BCUT2D eigenvalue weighted by Crippen LogP contribution is 2.41. The first-order valence-electron chi connectivity index (χ1n) is 7.06. The van der Waals surface area contributed by atoms with E-state index in [2.05, 4.69) is 10.0 Å². The predicted molar refractivity (Wildman–Crippen MR) is 70.8 cm³/mol. The number of esters is 1. The molecule has 1 aliphatic carbocycles. The average molecular weight is 321 g/mol. The summed E-state index contributed by atoms with van der Waals surface area (Å²) in [6.45, 7) is 1.58. The van der Waals surface area contributed by atoms with E-state index in [1.165, 1.54) is 0 Å². The third kappa shape index (κ3) is 4.62. The van der Waals surface area contributed by atoms with Gasteiger partial charge in [-0.25, -0.2) is 0 Å². The van der Waals surface area contributed by atoms with Crippen molar-refractivity contribution in [3.63, 3.8) is 0 Å². The smallest absolute Gasteiger partial charge is 0.389 e. The van der Waals surface area contributed by atoms with E-state index in [-0.39, 0.29) is 19.4 Å². The van der Waals surface area contributed by atoms with Gasteiger partial charge < -0.3 is 4.74 Å². The first-order valence-corrected chi connectivity index (χ1v) is 7.06. The molecule has 0 saturated heterocycles. The summed E-state index contributed by atoms with van der Waals surface area (Å²) < 4.78 is 42.6. The van der Waals surface area contributed by atoms with Crippen molar-refractivity contribution in [2.24, 2.45) is 10.5 Å². The Balaban J connectivity index is 3.07. The van der Waals surface area contributed by atoms with Crippen LogP contribution in [-0.2, 0) is 14.3 Å². The molecule has 0 aromatic rings. The van der Waals surface area contributed by atoms with Crippen molar-refractivity contribution in [2.45, 2.75) is 57.7 Å². The lowest BCUT2D eigenvalue weighted by molar-refractivity contribution is -0.166. The van der Waals surface area contributed by atoms with E-state index in [0.717, 1.165) is 0 Å². The standard InChI is InChI=1S/C13H18F3N3O3/c1-2-22-11(21)12(6-4-3-5-10(12)20)7-9(18-19-17)8-13(14,15)16/h9H,2-8H2,1H3. The average Bonchev–Trinajstić information content (AvgIpc) is 2.40. The van der Waals surface area contributed by atoms with Gasteiger partial charge in [-0.3, -0.25) is 9.59 Å². The highest BCUT2D eigenvalue weighted by Gasteiger charge is 2.50. The number of nitrogens with zero attached hydrogens (tertiary/aromatic N) is 3. The SMILES string of the molecule is CCOC(=O)C1(CC(CC(F)(F)F)N=[N+]=[N-])CCCCC1=O. The summed E-state index contributed by atoms with van der Waals surface area (Å²) in [6, 6.07) is -1.50. The second-order valence-electron chi connectivity index (χ2n) is 5.32. The van der Waals surface area contributed by atoms with Gasteiger partial charge in [0.25, 0.3) is 0 Å². The van der Waals surface area contributed by atoms with Crippen LogP contribution in [0.5, 0.6) is 0 Å². The zero-order valence-corrected chi connectivity index (χ0v) is 12.2. The number of azide groups is 1. The van der Waals surface area contributed by atoms with Gasteiger partial charge in [-0.2, -0.15) is 13.2 Å². The first kappa shape index (κ1) is 18.3. The molecule has 0 aliphatic heterocycles. The Labute approximate surface area is 125 Å². The Morgan fingerprint density at radius 3 is 2.68 bits per heavy atom. The number of rotatable bonds is 6. The van der Waals surface area contributed by atoms with Crippen LogP contribution in [0, 0.1) is 5.41 Å². The monoisotopic (exact) mass is 321 g/mol. The highest BCUT2D eigenvalue weighted by molar-refractivity contribution is 6.04. The van der Waals surface area contributed by atoms with Crippen LogP contribution in [0.25, 0.3) is 10.4 Å². The quantitative estimate of drug-likeness (QED) is 0.245. The molecular weight excluding hydrogens is 303 g/mol. The highest BCUT2D eigenvalue weighted by atomic mass is 19.4. The van der Waals surface area contributed by atoms with Crippen molar-refractivity contribution in [1.82, 2.24) is 0 Å². The van der Waals surface area contributed by atoms with Crippen LogP contribution < -0.4 is 0 Å². The number of hydrogen-bond donors (Lipinski definition) is 0. The fraction of sp³-hybridized carbons (Fsp3) is 0.846. The van der Waals surface area contributed by atoms with Crippen LogP contribution in [0.1, 0.15) is 45.4 Å². The van der Waals surface area contributed by atoms with Crippen molar-refractivity contribution < 1.29 is 27.5 Å². The van der Waals surface area contributed by atoms with Gasteiger partial charge in [0.2, 0.25) is 0 Å². The van der Waals surface area contributed by atoms with E-state index in [9.17, 15) is 22.8 Å². The minimum Gasteiger partial charge on any atom is -0.465 e. The minimum atomic E-state index is -4.55. The van der Waals surface area contributed by atoms with Gasteiger partial charge in [-0.05, 0) is 31.7 Å². The lowest BCUT2D eigenvalue weighted by atomic mass is 9.69. The molecule has 6 nitrogen and oxygen atoms in total. The van der Waals surface area contributed by atoms with Crippen LogP contribution >= 0.6 is 0 Å². The fourth-order valence-corrected chi connectivity index (χ4v) is 2.77. The van der Waals surface area contributed by atoms with Gasteiger partial charge in [0.15, 0.2) is 0 Å². The maximum Gasteiger partial charge on any atom is 0.389 e. The molecule has 0 N–H and O–H groups in total. The van der Waals surface area contributed by atoms with E-state index in [1.807, 2.05) is 0 Å². The number of ketones is 1. The van der Waals surface area contributed by atoms with Crippen LogP contribution in [-0.4, -0.2) is 30.6 Å². The third-order valence-corrected chi connectivity index (χ3v) is 3.72. The zero-order valence-electron chi connectivity index (χ0n) is 12.2. The minimum absolute atomic E-state index is 0.0271. The number of carbonyl (C=O) groups excluding carboxylic acids is 2. The van der Waals surface area contributed by atoms with Gasteiger partial charge in [-0.15, -0.1) is 0 Å². The van der Waals surface area contributed by atoms with Crippen LogP contribution in [0.2, 0.25) is 0 Å². The number of Topliss-reactive ketones (excluding diaryl/α,β-unsaturated/α-hetero) is 1. The molecule has 1 fully saturated rings. The number of ether oxygens (including phenoxy) is 1. The number of alkyl halides is 3. The van der Waals surface area contributed by atoms with E-state index >= 15 is 0 Å². The van der Waals surface area contributed by atoms with Gasteiger partial charge in [0.05, 0.1) is 13.0 Å². The van der Waals surface area contributed by atoms with Crippen molar-refractivity contribution in [1.29, 1.82) is 0 Å². The van der Waals surface area contributed by atoms with Crippen molar-refractivity contribution >= 4 is 11.8 Å². The second kappa shape index (κ2) is 7.49. The molecule has 1 saturated carbocycles. The summed E-state index contributed by atoms with van der Waals surface area (Å²) >= 11 is 0. The second-order valence-corrected chi connectivity index (χ2v) is 5.32. The van der Waals surface area contributed by atoms with Gasteiger partial charge >= 0.3 is 12.1 Å². The predicted octanol–water partition coefficient (Wildman–Crippen LogP) is 3.70. The van der Waals surface area contributed by atoms with Gasteiger partial charge in [-0.1, -0.05) is 11.5 Å². The first-order chi connectivity index (χ1) is 10.2. The molecule has 2 unspecified atom stereocenters. The number of halogens is 3. The molecule has 2 atom stereocenters. The summed E-state index contributed by atoms with van der Waals surface area (Å²) in [7, 11) is 0. The topological polar surface area (TPSA) is 92.1 Å². The third-order valence-electron chi connectivity index (χ3n) is 3.72. The Bertz CT molecular complexity index is 475. The van der Waals surface area contributed by atoms with E-state index in [1.54, 1.807) is 6.92 Å². The summed E-state index contributed by atoms with van der Waals surface area (Å²) in [5.74, 6) is -1.25. The van der Waals surface area contributed by atoms with E-state index < -0.39 is 42.2 Å². The molecule has 0 aromatic heterocycles. The van der Waals surface area contributed by atoms with E-state index in [0.29, 0.717) is 12.8 Å². The summed E-state index contributed by atoms with van der Waals surface area (Å²) in [5, 5.41) is 3.13. The molecule has 124 valence electrons. The van der Waals surface area contributed by atoms with Gasteiger partial charge in [0, 0.05) is 17.4 Å². The van der Waals surface area contributed by atoms with Gasteiger partial charge in [0.1, 0.15) is 11.2 Å². The molecule has 1 aliphatic rings. The van der Waals surface area contributed by atoms with Crippen molar-refractivity contribution in [2.75, 3.05) is 6.61 Å². The Kier molecular flexibility index (Phi) is 6.22. The fourth-order valence-electron chi connectivity index (χ4n) is 2.77. The molecule has 0 heterocycles. The maximum absolute atomic E-state index is 12.6. The Morgan fingerprint density at radius 1 is 1.50 bits per heavy atom.